The molecule has 0 N–H and O–H groups in total. The third kappa shape index (κ3) is 1.75. The normalized spacial score (nSPS) is 27.0. The van der Waals surface area contributed by atoms with Crippen LogP contribution in [0, 0.1) is 16.1 Å². The van der Waals surface area contributed by atoms with Gasteiger partial charge in [-0.3, -0.25) is 9.59 Å². The molecule has 1 rings (SSSR count). The zero-order valence-electron chi connectivity index (χ0n) is 7.66. The van der Waals surface area contributed by atoms with Crippen LogP contribution in [-0.2, 0) is 9.59 Å². The lowest BCUT2D eigenvalue weighted by Gasteiger charge is -2.30. The van der Waals surface area contributed by atoms with E-state index in [0.29, 0.717) is 12.8 Å². The van der Waals surface area contributed by atoms with Crippen LogP contribution in [0.15, 0.2) is 0 Å². The van der Waals surface area contributed by atoms with Crippen LogP contribution in [0.4, 0.5) is 0 Å². The number of hydrogen-bond donors (Lipinski definition) is 0. The molecule has 0 amide bonds. The number of hydrogen-bond acceptors (Lipinski definition) is 4. The Morgan fingerprint density at radius 1 is 1.54 bits per heavy atom. The van der Waals surface area contributed by atoms with Crippen molar-refractivity contribution in [2.24, 2.45) is 5.41 Å². The molecule has 1 aliphatic rings. The lowest BCUT2D eigenvalue weighted by atomic mass is 9.75. The molecule has 0 aromatic heterocycles. The molecule has 0 saturated heterocycles. The van der Waals surface area contributed by atoms with E-state index in [0.717, 1.165) is 11.8 Å². The number of thioether (sulfide) groups is 1. The quantitative estimate of drug-likeness (QED) is 0.472. The van der Waals surface area contributed by atoms with E-state index in [1.165, 1.54) is 0 Å². The summed E-state index contributed by atoms with van der Waals surface area (Å²) in [6, 6.07) is 0. The number of nitrogens with zero attached hydrogens (tertiary/aromatic N) is 1. The molecule has 0 spiro atoms. The van der Waals surface area contributed by atoms with Crippen molar-refractivity contribution in [3.05, 3.63) is 0 Å². The molecule has 0 aromatic carbocycles. The predicted octanol–water partition coefficient (Wildman–Crippen LogP) is 1.53. The molecule has 4 heteroatoms. The van der Waals surface area contributed by atoms with Gasteiger partial charge < -0.3 is 0 Å². The first-order valence-electron chi connectivity index (χ1n) is 4.12. The van der Waals surface area contributed by atoms with Gasteiger partial charge in [0.15, 0.2) is 5.78 Å². The molecular formula is C9H11NO2S. The Labute approximate surface area is 81.5 Å². The minimum Gasteiger partial charge on any atom is -0.299 e. The van der Waals surface area contributed by atoms with Crippen molar-refractivity contribution in [3.63, 3.8) is 0 Å². The topological polar surface area (TPSA) is 57.9 Å². The van der Waals surface area contributed by atoms with Crippen LogP contribution < -0.4 is 0 Å². The van der Waals surface area contributed by atoms with Gasteiger partial charge in [-0.1, -0.05) is 0 Å². The summed E-state index contributed by atoms with van der Waals surface area (Å²) >= 11 is 0.968. The summed E-state index contributed by atoms with van der Waals surface area (Å²) in [5, 5.41) is 10.0. The molecule has 1 aliphatic carbocycles. The predicted molar refractivity (Wildman–Crippen MR) is 50.0 cm³/mol. The van der Waals surface area contributed by atoms with E-state index in [-0.39, 0.29) is 16.8 Å². The maximum atomic E-state index is 11.7. The number of carbonyl (C=O) groups excluding carboxylic acids is 2. The highest BCUT2D eigenvalue weighted by atomic mass is 32.2. The smallest absolute Gasteiger partial charge is 0.159 e. The fourth-order valence-electron chi connectivity index (χ4n) is 1.42. The maximum Gasteiger partial charge on any atom is 0.159 e. The first-order valence-corrected chi connectivity index (χ1v) is 5.00. The molecule has 0 heterocycles. The number of carbonyl (C=O) groups is 2. The van der Waals surface area contributed by atoms with Crippen LogP contribution >= 0.6 is 11.8 Å². The highest BCUT2D eigenvalue weighted by Crippen LogP contribution is 2.34. The Balaban J connectivity index is 2.84. The molecule has 0 radical (unpaired) electrons. The zero-order valence-corrected chi connectivity index (χ0v) is 8.48. The van der Waals surface area contributed by atoms with Crippen LogP contribution in [0.1, 0.15) is 26.7 Å². The van der Waals surface area contributed by atoms with Crippen LogP contribution in [0.2, 0.25) is 0 Å². The summed E-state index contributed by atoms with van der Waals surface area (Å²) in [6.45, 7) is 3.28. The molecule has 0 bridgehead atoms. The molecular weight excluding hydrogens is 186 g/mol. The average molecular weight is 197 g/mol. The number of Topliss-reactive ketones (excluding diaryl/α,β-unsaturated/α-hetero) is 2. The molecule has 70 valence electrons. The minimum absolute atomic E-state index is 0.00714. The molecule has 1 atom stereocenters. The van der Waals surface area contributed by atoms with Gasteiger partial charge in [-0.2, -0.15) is 5.26 Å². The second-order valence-corrected chi connectivity index (χ2v) is 4.64. The Morgan fingerprint density at radius 3 is 2.69 bits per heavy atom. The van der Waals surface area contributed by atoms with E-state index in [1.54, 1.807) is 13.8 Å². The Hall–Kier alpha value is -0.820. The number of ketones is 2. The van der Waals surface area contributed by atoms with E-state index in [4.69, 9.17) is 5.26 Å². The third-order valence-corrected chi connectivity index (χ3v) is 3.27. The monoisotopic (exact) mass is 197 g/mol. The van der Waals surface area contributed by atoms with Crippen molar-refractivity contribution in [1.82, 2.24) is 0 Å². The van der Waals surface area contributed by atoms with Gasteiger partial charge in [0.05, 0.1) is 10.7 Å². The van der Waals surface area contributed by atoms with Gasteiger partial charge in [-0.15, -0.1) is 0 Å². The molecule has 0 unspecified atom stereocenters. The number of thiocyanates is 1. The van der Waals surface area contributed by atoms with E-state index >= 15 is 0 Å². The van der Waals surface area contributed by atoms with Crippen LogP contribution in [-0.4, -0.2) is 16.8 Å². The molecule has 1 fully saturated rings. The summed E-state index contributed by atoms with van der Waals surface area (Å²) in [5.74, 6) is -0.109. The first kappa shape index (κ1) is 10.3. The summed E-state index contributed by atoms with van der Waals surface area (Å²) in [5.41, 5.74) is -0.882. The SMILES string of the molecule is CC1(C)C(=O)CC[C@H](SC#N)C1=O. The fourth-order valence-corrected chi connectivity index (χ4v) is 2.19. The van der Waals surface area contributed by atoms with E-state index < -0.39 is 5.41 Å². The van der Waals surface area contributed by atoms with Gasteiger partial charge in [0.1, 0.15) is 11.2 Å². The number of nitriles is 1. The average Bonchev–Trinajstić information content (AvgIpc) is 2.08. The fraction of sp³-hybridized carbons (Fsp3) is 0.667. The molecule has 1 saturated carbocycles. The first-order chi connectivity index (χ1) is 6.00. The van der Waals surface area contributed by atoms with E-state index in [2.05, 4.69) is 0 Å². The summed E-state index contributed by atoms with van der Waals surface area (Å²) < 4.78 is 0. The summed E-state index contributed by atoms with van der Waals surface area (Å²) in [7, 11) is 0. The van der Waals surface area contributed by atoms with Crippen molar-refractivity contribution in [2.75, 3.05) is 0 Å². The number of rotatable bonds is 1. The van der Waals surface area contributed by atoms with Gasteiger partial charge >= 0.3 is 0 Å². The van der Waals surface area contributed by atoms with Gasteiger partial charge in [0.25, 0.3) is 0 Å². The molecule has 3 nitrogen and oxygen atoms in total. The molecule has 0 aromatic rings. The van der Waals surface area contributed by atoms with Crippen molar-refractivity contribution in [2.45, 2.75) is 31.9 Å². The van der Waals surface area contributed by atoms with Crippen molar-refractivity contribution in [3.8, 4) is 5.40 Å². The van der Waals surface area contributed by atoms with Gasteiger partial charge in [0, 0.05) is 6.42 Å². The second-order valence-electron chi connectivity index (χ2n) is 3.65. The van der Waals surface area contributed by atoms with E-state index in [9.17, 15) is 9.59 Å². The van der Waals surface area contributed by atoms with Gasteiger partial charge in [-0.05, 0) is 32.0 Å². The zero-order chi connectivity index (χ0) is 10.1. The van der Waals surface area contributed by atoms with Crippen LogP contribution in [0.25, 0.3) is 0 Å². The van der Waals surface area contributed by atoms with Crippen molar-refractivity contribution < 1.29 is 9.59 Å². The lowest BCUT2D eigenvalue weighted by Crippen LogP contribution is -2.43. The Kier molecular flexibility index (Phi) is 2.77. The van der Waals surface area contributed by atoms with Crippen molar-refractivity contribution in [1.29, 1.82) is 5.26 Å². The highest BCUT2D eigenvalue weighted by Gasteiger charge is 2.43. The van der Waals surface area contributed by atoms with Gasteiger partial charge in [-0.25, -0.2) is 0 Å². The Morgan fingerprint density at radius 2 is 2.15 bits per heavy atom. The largest absolute Gasteiger partial charge is 0.299 e. The Bertz CT molecular complexity index is 290. The standard InChI is InChI=1S/C9H11NO2S/c1-9(2)7(11)4-3-6(8(9)12)13-5-10/h6H,3-4H2,1-2H3/t6-/m0/s1. The van der Waals surface area contributed by atoms with Crippen LogP contribution in [0.5, 0.6) is 0 Å². The summed E-state index contributed by atoms with van der Waals surface area (Å²) in [6.07, 6.45) is 0.928. The minimum atomic E-state index is -0.882. The highest BCUT2D eigenvalue weighted by molar-refractivity contribution is 8.05. The third-order valence-electron chi connectivity index (χ3n) is 2.43. The van der Waals surface area contributed by atoms with Crippen LogP contribution in [0.3, 0.4) is 0 Å². The second kappa shape index (κ2) is 3.51. The van der Waals surface area contributed by atoms with Crippen molar-refractivity contribution >= 4 is 23.3 Å². The lowest BCUT2D eigenvalue weighted by molar-refractivity contribution is -0.141. The summed E-state index contributed by atoms with van der Waals surface area (Å²) in [4.78, 5) is 23.0. The van der Waals surface area contributed by atoms with Gasteiger partial charge in [0.2, 0.25) is 0 Å². The molecule has 0 aliphatic heterocycles. The molecule has 13 heavy (non-hydrogen) atoms. The van der Waals surface area contributed by atoms with E-state index in [1.807, 2.05) is 5.40 Å². The maximum absolute atomic E-state index is 11.7.